The highest BCUT2D eigenvalue weighted by Gasteiger charge is 2.34. The van der Waals surface area contributed by atoms with Crippen molar-refractivity contribution in [2.75, 3.05) is 11.4 Å². The fourth-order valence-electron chi connectivity index (χ4n) is 4.86. The zero-order valence-electron chi connectivity index (χ0n) is 22.3. The Hall–Kier alpha value is -5.64. The zero-order valence-corrected chi connectivity index (χ0v) is 22.3. The number of carboxylic acid groups (broad SMARTS) is 1. The summed E-state index contributed by atoms with van der Waals surface area (Å²) < 4.78 is 0. The molecule has 0 aromatic heterocycles. The van der Waals surface area contributed by atoms with E-state index in [-0.39, 0.29) is 0 Å². The van der Waals surface area contributed by atoms with E-state index >= 15 is 0 Å². The van der Waals surface area contributed by atoms with Crippen molar-refractivity contribution in [2.24, 2.45) is 4.99 Å². The fraction of sp³-hybridized carbons (Fsp3) is 0.125. The van der Waals surface area contributed by atoms with Crippen LogP contribution in [0, 0.1) is 0 Å². The van der Waals surface area contributed by atoms with Crippen LogP contribution in [0.5, 0.6) is 0 Å². The number of aliphatic imine (C=N–C) groups is 1. The molecule has 0 bridgehead atoms. The second kappa shape index (κ2) is 12.3. The number of nitrogens with zero attached hydrogens (tertiary/aromatic N) is 2. The fourth-order valence-corrected chi connectivity index (χ4v) is 4.86. The van der Waals surface area contributed by atoms with Crippen LogP contribution in [0.25, 0.3) is 10.8 Å². The van der Waals surface area contributed by atoms with Gasteiger partial charge in [-0.05, 0) is 22.9 Å². The summed E-state index contributed by atoms with van der Waals surface area (Å²) in [6.07, 6.45) is -1.69. The van der Waals surface area contributed by atoms with Gasteiger partial charge in [0.05, 0.1) is 23.9 Å². The van der Waals surface area contributed by atoms with Crippen molar-refractivity contribution in [1.29, 1.82) is 0 Å². The monoisotopic (exact) mass is 562 g/mol. The SMILES string of the molecule is O=CC(CC(=O)O)NC(=O)CN1C(=O)C(NC(=O)c2cccc3ccccc23)N=C(c2ccccc2)c2ccccc21. The van der Waals surface area contributed by atoms with Crippen molar-refractivity contribution in [1.82, 2.24) is 10.6 Å². The van der Waals surface area contributed by atoms with Crippen LogP contribution in [-0.2, 0) is 19.2 Å². The summed E-state index contributed by atoms with van der Waals surface area (Å²) >= 11 is 0. The molecule has 0 aliphatic carbocycles. The lowest BCUT2D eigenvalue weighted by Crippen LogP contribution is -2.51. The Morgan fingerprint density at radius 1 is 0.905 bits per heavy atom. The first-order chi connectivity index (χ1) is 20.4. The standard InChI is InChI=1S/C32H26N4O6/c37-19-22(17-28(39)40)33-27(38)18-36-26-16-7-6-14-25(26)29(21-10-2-1-3-11-21)34-30(32(36)42)35-31(41)24-15-8-12-20-9-4-5-13-23(20)24/h1-16,19,22,30H,17-18H2,(H,33,38)(H,35,41)(H,39,40). The van der Waals surface area contributed by atoms with Gasteiger partial charge in [0.25, 0.3) is 11.8 Å². The minimum absolute atomic E-state index is 0.327. The number of para-hydroxylation sites is 1. The largest absolute Gasteiger partial charge is 0.481 e. The van der Waals surface area contributed by atoms with Gasteiger partial charge in [0.15, 0.2) is 0 Å². The number of amides is 3. The van der Waals surface area contributed by atoms with Crippen LogP contribution in [0.4, 0.5) is 5.69 Å². The van der Waals surface area contributed by atoms with Gasteiger partial charge in [-0.15, -0.1) is 0 Å². The smallest absolute Gasteiger partial charge is 0.305 e. The predicted molar refractivity (Wildman–Crippen MR) is 156 cm³/mol. The topological polar surface area (TPSA) is 145 Å². The van der Waals surface area contributed by atoms with Crippen LogP contribution in [-0.4, -0.2) is 59.5 Å². The molecule has 2 unspecified atom stereocenters. The van der Waals surface area contributed by atoms with Gasteiger partial charge >= 0.3 is 5.97 Å². The number of aliphatic carboxylic acids is 1. The van der Waals surface area contributed by atoms with Crippen LogP contribution >= 0.6 is 0 Å². The van der Waals surface area contributed by atoms with Gasteiger partial charge in [-0.2, -0.15) is 0 Å². The zero-order chi connectivity index (χ0) is 29.6. The third kappa shape index (κ3) is 5.92. The average molecular weight is 563 g/mol. The summed E-state index contributed by atoms with van der Waals surface area (Å²) in [4.78, 5) is 69.0. The molecule has 210 valence electrons. The molecule has 4 aromatic carbocycles. The molecule has 42 heavy (non-hydrogen) atoms. The van der Waals surface area contributed by atoms with Crippen molar-refractivity contribution in [2.45, 2.75) is 18.6 Å². The molecule has 4 aromatic rings. The van der Waals surface area contributed by atoms with Crippen molar-refractivity contribution in [3.8, 4) is 0 Å². The maximum Gasteiger partial charge on any atom is 0.305 e. The summed E-state index contributed by atoms with van der Waals surface area (Å²) in [6.45, 7) is -0.544. The first-order valence-corrected chi connectivity index (χ1v) is 13.1. The number of aldehydes is 1. The third-order valence-corrected chi connectivity index (χ3v) is 6.76. The van der Waals surface area contributed by atoms with Crippen LogP contribution < -0.4 is 15.5 Å². The van der Waals surface area contributed by atoms with E-state index in [0.29, 0.717) is 39.8 Å². The van der Waals surface area contributed by atoms with Gasteiger partial charge in [-0.1, -0.05) is 84.9 Å². The number of benzene rings is 4. The molecule has 10 nitrogen and oxygen atoms in total. The van der Waals surface area contributed by atoms with Gasteiger partial charge < -0.3 is 20.5 Å². The Morgan fingerprint density at radius 3 is 2.36 bits per heavy atom. The molecular weight excluding hydrogens is 536 g/mol. The number of anilines is 1. The first-order valence-electron chi connectivity index (χ1n) is 13.1. The van der Waals surface area contributed by atoms with E-state index in [1.165, 1.54) is 4.90 Å². The number of nitrogens with one attached hydrogen (secondary N) is 2. The maximum atomic E-state index is 14.0. The van der Waals surface area contributed by atoms with E-state index in [4.69, 9.17) is 10.1 Å². The molecule has 2 atom stereocenters. The molecule has 0 fully saturated rings. The molecule has 1 aliphatic heterocycles. The number of benzodiazepines with no additional fused rings is 1. The second-order valence-corrected chi connectivity index (χ2v) is 9.60. The summed E-state index contributed by atoms with van der Waals surface area (Å²) in [6, 6.07) is 27.4. The number of carbonyl (C=O) groups is 5. The third-order valence-electron chi connectivity index (χ3n) is 6.76. The summed E-state index contributed by atoms with van der Waals surface area (Å²) in [5, 5.41) is 15.7. The van der Waals surface area contributed by atoms with E-state index in [0.717, 1.165) is 5.39 Å². The van der Waals surface area contributed by atoms with Crippen LogP contribution in [0.15, 0.2) is 102 Å². The second-order valence-electron chi connectivity index (χ2n) is 9.60. The Kier molecular flexibility index (Phi) is 8.14. The molecule has 10 heteroatoms. The lowest BCUT2D eigenvalue weighted by atomic mass is 10.0. The van der Waals surface area contributed by atoms with E-state index in [1.807, 2.05) is 60.7 Å². The number of fused-ring (bicyclic) bond motifs is 2. The number of carbonyl (C=O) groups excluding carboxylic acids is 4. The van der Waals surface area contributed by atoms with E-state index in [1.54, 1.807) is 36.4 Å². The number of hydrogen-bond donors (Lipinski definition) is 3. The van der Waals surface area contributed by atoms with Crippen LogP contribution in [0.3, 0.4) is 0 Å². The lowest BCUT2D eigenvalue weighted by molar-refractivity contribution is -0.138. The van der Waals surface area contributed by atoms with E-state index in [2.05, 4.69) is 10.6 Å². The molecule has 0 saturated heterocycles. The first kappa shape index (κ1) is 27.9. The summed E-state index contributed by atoms with van der Waals surface area (Å²) in [7, 11) is 0. The van der Waals surface area contributed by atoms with Crippen LogP contribution in [0.1, 0.15) is 27.9 Å². The molecule has 1 aliphatic rings. The van der Waals surface area contributed by atoms with Crippen LogP contribution in [0.2, 0.25) is 0 Å². The molecule has 3 amide bonds. The normalized spacial score (nSPS) is 15.1. The van der Waals surface area contributed by atoms with Crippen molar-refractivity contribution in [3.63, 3.8) is 0 Å². The Bertz CT molecular complexity index is 1710. The van der Waals surface area contributed by atoms with Gasteiger partial charge in [-0.25, -0.2) is 4.99 Å². The van der Waals surface area contributed by atoms with Crippen molar-refractivity contribution < 1.29 is 29.1 Å². The minimum atomic E-state index is -1.41. The quantitative estimate of drug-likeness (QED) is 0.268. The summed E-state index contributed by atoms with van der Waals surface area (Å²) in [5.74, 6) is -3.23. The average Bonchev–Trinajstić information content (AvgIpc) is 3.11. The Labute approximate surface area is 240 Å². The predicted octanol–water partition coefficient (Wildman–Crippen LogP) is 2.94. The maximum absolute atomic E-state index is 14.0. The number of hydrogen-bond acceptors (Lipinski definition) is 6. The molecule has 5 rings (SSSR count). The van der Waals surface area contributed by atoms with Gasteiger partial charge in [0.2, 0.25) is 12.1 Å². The molecule has 1 heterocycles. The number of rotatable bonds is 9. The van der Waals surface area contributed by atoms with Crippen molar-refractivity contribution >= 4 is 52.1 Å². The Balaban J connectivity index is 1.55. The van der Waals surface area contributed by atoms with E-state index < -0.39 is 48.9 Å². The molecule has 3 N–H and O–H groups in total. The Morgan fingerprint density at radius 2 is 1.60 bits per heavy atom. The van der Waals surface area contributed by atoms with Gasteiger partial charge in [0.1, 0.15) is 12.8 Å². The highest BCUT2D eigenvalue weighted by atomic mass is 16.4. The molecular formula is C32H26N4O6. The summed E-state index contributed by atoms with van der Waals surface area (Å²) in [5.41, 5.74) is 2.39. The van der Waals surface area contributed by atoms with Crippen molar-refractivity contribution in [3.05, 3.63) is 114 Å². The lowest BCUT2D eigenvalue weighted by Gasteiger charge is -2.25. The van der Waals surface area contributed by atoms with Gasteiger partial charge in [0, 0.05) is 16.7 Å². The minimum Gasteiger partial charge on any atom is -0.481 e. The number of carboxylic acids is 1. The van der Waals surface area contributed by atoms with E-state index in [9.17, 15) is 24.0 Å². The van der Waals surface area contributed by atoms with Gasteiger partial charge in [-0.3, -0.25) is 24.1 Å². The molecule has 0 spiro atoms. The molecule has 0 radical (unpaired) electrons. The highest BCUT2D eigenvalue weighted by Crippen LogP contribution is 2.28. The molecule has 0 saturated carbocycles. The highest BCUT2D eigenvalue weighted by molar-refractivity contribution is 6.21.